The molecule has 0 heterocycles. The quantitative estimate of drug-likeness (QED) is 0.238. The number of carboxylic acid groups (broad SMARTS) is 1. The topological polar surface area (TPSA) is 108 Å². The van der Waals surface area contributed by atoms with Gasteiger partial charge in [0, 0.05) is 27.8 Å². The fraction of sp³-hybridized carbons (Fsp3) is 0.276. The minimum atomic E-state index is -0.983. The minimum Gasteiger partial charge on any atom is -0.481 e. The van der Waals surface area contributed by atoms with E-state index in [4.69, 9.17) is 28.3 Å². The van der Waals surface area contributed by atoms with Gasteiger partial charge in [-0.2, -0.15) is 0 Å². The zero-order chi connectivity index (χ0) is 27.9. The second-order valence-corrected chi connectivity index (χ2v) is 10.9. The number of carboxylic acids is 1. The number of carbonyl (C=O) groups excluding carboxylic acids is 2. The molecule has 3 amide bonds. The number of hydrogen-bond acceptors (Lipinski definition) is 3. The summed E-state index contributed by atoms with van der Waals surface area (Å²) in [7, 11) is 0. The van der Waals surface area contributed by atoms with E-state index in [9.17, 15) is 14.4 Å². The van der Waals surface area contributed by atoms with Gasteiger partial charge in [-0.3, -0.25) is 9.59 Å². The highest BCUT2D eigenvalue weighted by Gasteiger charge is 2.18. The summed E-state index contributed by atoms with van der Waals surface area (Å²) in [6.45, 7) is 6.49. The van der Waals surface area contributed by atoms with E-state index in [1.165, 1.54) is 5.56 Å². The number of carbonyl (C=O) groups is 3. The van der Waals surface area contributed by atoms with Crippen molar-refractivity contribution in [3.05, 3.63) is 99.0 Å². The van der Waals surface area contributed by atoms with Crippen LogP contribution in [0.5, 0.6) is 0 Å². The van der Waals surface area contributed by atoms with Crippen LogP contribution >= 0.6 is 23.2 Å². The predicted molar refractivity (Wildman–Crippen MR) is 151 cm³/mol. The monoisotopic (exact) mass is 555 g/mol. The van der Waals surface area contributed by atoms with Crippen molar-refractivity contribution in [3.8, 4) is 0 Å². The molecule has 3 rings (SSSR count). The highest BCUT2D eigenvalue weighted by Crippen LogP contribution is 2.26. The van der Waals surface area contributed by atoms with Gasteiger partial charge in [-0.1, -0.05) is 80.4 Å². The Hall–Kier alpha value is -3.55. The molecule has 9 heteroatoms. The van der Waals surface area contributed by atoms with Crippen molar-refractivity contribution >= 4 is 46.8 Å². The Balaban J connectivity index is 1.79. The molecule has 1 unspecified atom stereocenters. The Kier molecular flexibility index (Phi) is 9.78. The van der Waals surface area contributed by atoms with Crippen LogP contribution < -0.4 is 16.0 Å². The fourth-order valence-electron chi connectivity index (χ4n) is 3.83. The van der Waals surface area contributed by atoms with Crippen LogP contribution in [-0.4, -0.2) is 29.6 Å². The molecule has 1 atom stereocenters. The molecule has 0 saturated carbocycles. The SMILES string of the molecule is CC(C)(C)c1ccc(CC(NC(=O)Nc2cc(Cl)cc(Cl)c2)c2ccc(C(=O)NCCC(=O)O)cc2)cc1. The van der Waals surface area contributed by atoms with Crippen LogP contribution in [0.1, 0.15) is 60.3 Å². The Morgan fingerprint density at radius 3 is 2.05 bits per heavy atom. The van der Waals surface area contributed by atoms with E-state index in [-0.39, 0.29) is 24.3 Å². The highest BCUT2D eigenvalue weighted by molar-refractivity contribution is 6.35. The lowest BCUT2D eigenvalue weighted by Gasteiger charge is -2.22. The minimum absolute atomic E-state index is 0.0230. The molecule has 0 saturated heterocycles. The summed E-state index contributed by atoms with van der Waals surface area (Å²) in [5, 5.41) is 17.9. The van der Waals surface area contributed by atoms with E-state index in [0.717, 1.165) is 11.1 Å². The lowest BCUT2D eigenvalue weighted by Crippen LogP contribution is -2.34. The summed E-state index contributed by atoms with van der Waals surface area (Å²) in [6, 6.07) is 19.1. The number of urea groups is 1. The van der Waals surface area contributed by atoms with Gasteiger partial charge in [0.2, 0.25) is 0 Å². The van der Waals surface area contributed by atoms with Gasteiger partial charge in [-0.05, 0) is 58.9 Å². The normalized spacial score (nSPS) is 11.9. The van der Waals surface area contributed by atoms with E-state index < -0.39 is 18.0 Å². The molecular weight excluding hydrogens is 525 g/mol. The summed E-state index contributed by atoms with van der Waals surface area (Å²) in [6.07, 6.45) is 0.356. The van der Waals surface area contributed by atoms with Crippen LogP contribution in [0.4, 0.5) is 10.5 Å². The molecule has 4 N–H and O–H groups in total. The number of aliphatic carboxylic acids is 1. The van der Waals surface area contributed by atoms with Gasteiger partial charge in [-0.25, -0.2) is 4.79 Å². The van der Waals surface area contributed by atoms with Gasteiger partial charge in [0.15, 0.2) is 0 Å². The summed E-state index contributed by atoms with van der Waals surface area (Å²) in [5.41, 5.74) is 3.91. The van der Waals surface area contributed by atoms with E-state index in [1.807, 2.05) is 12.1 Å². The van der Waals surface area contributed by atoms with Crippen molar-refractivity contribution in [2.75, 3.05) is 11.9 Å². The van der Waals surface area contributed by atoms with Crippen LogP contribution in [-0.2, 0) is 16.6 Å². The van der Waals surface area contributed by atoms with Crippen molar-refractivity contribution in [1.82, 2.24) is 10.6 Å². The first-order valence-electron chi connectivity index (χ1n) is 12.1. The third kappa shape index (κ3) is 8.78. The second-order valence-electron chi connectivity index (χ2n) is 9.98. The lowest BCUT2D eigenvalue weighted by atomic mass is 9.86. The van der Waals surface area contributed by atoms with Crippen LogP contribution in [0.25, 0.3) is 0 Å². The molecule has 200 valence electrons. The van der Waals surface area contributed by atoms with E-state index in [2.05, 4.69) is 48.9 Å². The summed E-state index contributed by atoms with van der Waals surface area (Å²) < 4.78 is 0. The molecule has 0 aliphatic rings. The van der Waals surface area contributed by atoms with Gasteiger partial charge >= 0.3 is 12.0 Å². The number of hydrogen-bond donors (Lipinski definition) is 4. The zero-order valence-electron chi connectivity index (χ0n) is 21.5. The zero-order valence-corrected chi connectivity index (χ0v) is 23.0. The van der Waals surface area contributed by atoms with Crippen LogP contribution in [0.3, 0.4) is 0 Å². The molecule has 0 bridgehead atoms. The number of rotatable bonds is 9. The first-order valence-corrected chi connectivity index (χ1v) is 12.9. The number of halogens is 2. The third-order valence-corrected chi connectivity index (χ3v) is 6.32. The number of benzene rings is 3. The molecule has 0 aromatic heterocycles. The molecule has 0 aliphatic carbocycles. The number of nitrogens with one attached hydrogen (secondary N) is 3. The van der Waals surface area contributed by atoms with Crippen LogP contribution in [0, 0.1) is 0 Å². The smallest absolute Gasteiger partial charge is 0.319 e. The molecule has 7 nitrogen and oxygen atoms in total. The van der Waals surface area contributed by atoms with Crippen molar-refractivity contribution in [2.45, 2.75) is 45.1 Å². The van der Waals surface area contributed by atoms with Crippen molar-refractivity contribution in [3.63, 3.8) is 0 Å². The molecule has 3 aromatic rings. The number of amides is 3. The summed E-state index contributed by atoms with van der Waals surface area (Å²) in [5.74, 6) is -1.35. The molecule has 0 fully saturated rings. The molecular formula is C29H31Cl2N3O4. The van der Waals surface area contributed by atoms with Gasteiger partial charge in [0.1, 0.15) is 0 Å². The van der Waals surface area contributed by atoms with Gasteiger partial charge in [-0.15, -0.1) is 0 Å². The maximum atomic E-state index is 12.9. The van der Waals surface area contributed by atoms with Gasteiger partial charge in [0.05, 0.1) is 12.5 Å². The third-order valence-electron chi connectivity index (χ3n) is 5.89. The molecule has 38 heavy (non-hydrogen) atoms. The molecule has 0 radical (unpaired) electrons. The largest absolute Gasteiger partial charge is 0.481 e. The van der Waals surface area contributed by atoms with Gasteiger partial charge < -0.3 is 21.1 Å². The highest BCUT2D eigenvalue weighted by atomic mass is 35.5. The Morgan fingerprint density at radius 1 is 0.895 bits per heavy atom. The van der Waals surface area contributed by atoms with E-state index in [1.54, 1.807) is 42.5 Å². The molecule has 3 aromatic carbocycles. The second kappa shape index (κ2) is 12.8. The first-order chi connectivity index (χ1) is 17.9. The van der Waals surface area contributed by atoms with E-state index in [0.29, 0.717) is 27.7 Å². The fourth-order valence-corrected chi connectivity index (χ4v) is 4.36. The van der Waals surface area contributed by atoms with Crippen molar-refractivity contribution in [2.24, 2.45) is 0 Å². The first kappa shape index (κ1) is 29.0. The van der Waals surface area contributed by atoms with Crippen LogP contribution in [0.2, 0.25) is 10.0 Å². The molecule has 0 spiro atoms. The Bertz CT molecular complexity index is 1270. The number of anilines is 1. The average Bonchev–Trinajstić information content (AvgIpc) is 2.82. The standard InChI is InChI=1S/C29H31Cl2N3O4/c1-29(2,3)21-10-4-18(5-11-21)14-25(34-28(38)33-24-16-22(30)15-23(31)17-24)19-6-8-20(9-7-19)27(37)32-13-12-26(35)36/h4-11,15-17,25H,12-14H2,1-3H3,(H,32,37)(H,35,36)(H2,33,34,38). The van der Waals surface area contributed by atoms with E-state index >= 15 is 0 Å². The predicted octanol–water partition coefficient (Wildman–Crippen LogP) is 6.60. The van der Waals surface area contributed by atoms with Gasteiger partial charge in [0.25, 0.3) is 5.91 Å². The lowest BCUT2D eigenvalue weighted by molar-refractivity contribution is -0.136. The maximum absolute atomic E-state index is 12.9. The van der Waals surface area contributed by atoms with Crippen molar-refractivity contribution < 1.29 is 19.5 Å². The van der Waals surface area contributed by atoms with Crippen LogP contribution in [0.15, 0.2) is 66.7 Å². The Labute approximate surface area is 232 Å². The summed E-state index contributed by atoms with van der Waals surface area (Å²) >= 11 is 12.1. The maximum Gasteiger partial charge on any atom is 0.319 e. The average molecular weight is 556 g/mol. The van der Waals surface area contributed by atoms with Crippen molar-refractivity contribution in [1.29, 1.82) is 0 Å². The Morgan fingerprint density at radius 2 is 1.50 bits per heavy atom. The summed E-state index contributed by atoms with van der Waals surface area (Å²) in [4.78, 5) is 36.0. The molecule has 0 aliphatic heterocycles.